The summed E-state index contributed by atoms with van der Waals surface area (Å²) in [5.41, 5.74) is 0.401. The Balaban J connectivity index is 2.27. The lowest BCUT2D eigenvalue weighted by atomic mass is 9.75. The molecule has 0 spiro atoms. The van der Waals surface area contributed by atoms with E-state index < -0.39 is 0 Å². The van der Waals surface area contributed by atoms with Crippen LogP contribution in [0.25, 0.3) is 0 Å². The zero-order valence-electron chi connectivity index (χ0n) is 7.12. The molecule has 0 aromatic heterocycles. The van der Waals surface area contributed by atoms with Crippen LogP contribution in [0, 0.1) is 0 Å². The average Bonchev–Trinajstić information content (AvgIpc) is 1.86. The van der Waals surface area contributed by atoms with Gasteiger partial charge in [0.15, 0.2) is 0 Å². The molecule has 0 saturated heterocycles. The van der Waals surface area contributed by atoms with Gasteiger partial charge in [0.1, 0.15) is 0 Å². The van der Waals surface area contributed by atoms with Crippen molar-refractivity contribution >= 4 is 11.6 Å². The number of hydrogen-bond acceptors (Lipinski definition) is 1. The Kier molecular flexibility index (Phi) is 2.97. The molecule has 0 radical (unpaired) electrons. The van der Waals surface area contributed by atoms with E-state index in [0.717, 1.165) is 6.54 Å². The molecule has 0 unspecified atom stereocenters. The lowest BCUT2D eigenvalue weighted by Gasteiger charge is -2.42. The quantitative estimate of drug-likeness (QED) is 0.690. The van der Waals surface area contributed by atoms with E-state index in [0.29, 0.717) is 10.6 Å². The molecular weight excluding hydrogens is 158 g/mol. The first-order valence-electron chi connectivity index (χ1n) is 4.27. The molecule has 1 aliphatic rings. The summed E-state index contributed by atoms with van der Waals surface area (Å²) >= 11 is 5.66. The first-order valence-corrected chi connectivity index (χ1v) is 4.65. The van der Waals surface area contributed by atoms with Gasteiger partial charge in [0.2, 0.25) is 0 Å². The van der Waals surface area contributed by atoms with Crippen molar-refractivity contribution in [1.29, 1.82) is 0 Å². The van der Waals surface area contributed by atoms with Gasteiger partial charge in [-0.15, -0.1) is 0 Å². The minimum absolute atomic E-state index is 0.401. The third-order valence-electron chi connectivity index (χ3n) is 2.64. The normalized spacial score (nSPS) is 20.9. The molecule has 0 aromatic carbocycles. The van der Waals surface area contributed by atoms with Gasteiger partial charge in [0, 0.05) is 17.1 Å². The van der Waals surface area contributed by atoms with Gasteiger partial charge in [0.05, 0.1) is 0 Å². The second kappa shape index (κ2) is 3.59. The molecule has 2 heteroatoms. The third kappa shape index (κ3) is 2.21. The van der Waals surface area contributed by atoms with E-state index in [1.807, 2.05) is 0 Å². The van der Waals surface area contributed by atoms with Crippen LogP contribution in [0.5, 0.6) is 0 Å². The fourth-order valence-electron chi connectivity index (χ4n) is 1.54. The first-order chi connectivity index (χ1) is 5.18. The Morgan fingerprint density at radius 3 is 2.55 bits per heavy atom. The van der Waals surface area contributed by atoms with Gasteiger partial charge in [-0.1, -0.05) is 25.1 Å². The molecule has 0 atom stereocenters. The van der Waals surface area contributed by atoms with E-state index in [4.69, 9.17) is 11.6 Å². The molecule has 0 heterocycles. The van der Waals surface area contributed by atoms with Gasteiger partial charge in [-0.25, -0.2) is 0 Å². The van der Waals surface area contributed by atoms with E-state index in [9.17, 15) is 0 Å². The van der Waals surface area contributed by atoms with Crippen LogP contribution in [-0.4, -0.2) is 12.1 Å². The van der Waals surface area contributed by atoms with E-state index >= 15 is 0 Å². The summed E-state index contributed by atoms with van der Waals surface area (Å²) in [5.74, 6) is 0. The van der Waals surface area contributed by atoms with E-state index in [2.05, 4.69) is 18.8 Å². The zero-order valence-corrected chi connectivity index (χ0v) is 7.88. The summed E-state index contributed by atoms with van der Waals surface area (Å²) in [6.07, 6.45) is 5.16. The maximum Gasteiger partial charge on any atom is 0.0312 e. The molecule has 1 aliphatic carbocycles. The van der Waals surface area contributed by atoms with Gasteiger partial charge in [-0.3, -0.25) is 0 Å². The molecule has 1 rings (SSSR count). The van der Waals surface area contributed by atoms with Gasteiger partial charge >= 0.3 is 0 Å². The molecule has 0 bridgehead atoms. The Hall–Kier alpha value is -0.0100. The fourth-order valence-corrected chi connectivity index (χ4v) is 1.61. The number of hydrogen-bond donors (Lipinski definition) is 1. The predicted octanol–water partition coefficient (Wildman–Crippen LogP) is 2.66. The summed E-state index contributed by atoms with van der Waals surface area (Å²) in [6, 6.07) is 0. The number of nitrogens with one attached hydrogen (secondary N) is 1. The van der Waals surface area contributed by atoms with E-state index in [-0.39, 0.29) is 0 Å². The van der Waals surface area contributed by atoms with Crippen molar-refractivity contribution in [1.82, 2.24) is 5.32 Å². The summed E-state index contributed by atoms with van der Waals surface area (Å²) in [5, 5.41) is 4.16. The Morgan fingerprint density at radius 1 is 1.64 bits per heavy atom. The topological polar surface area (TPSA) is 12.0 Å². The predicted molar refractivity (Wildman–Crippen MR) is 49.9 cm³/mol. The highest BCUT2D eigenvalue weighted by Crippen LogP contribution is 2.34. The third-order valence-corrected chi connectivity index (χ3v) is 2.78. The Morgan fingerprint density at radius 2 is 2.27 bits per heavy atom. The monoisotopic (exact) mass is 173 g/mol. The van der Waals surface area contributed by atoms with E-state index in [1.165, 1.54) is 25.7 Å². The van der Waals surface area contributed by atoms with Crippen LogP contribution in [0.3, 0.4) is 0 Å². The van der Waals surface area contributed by atoms with Crippen molar-refractivity contribution in [2.75, 3.05) is 6.54 Å². The molecular formula is C9H16ClN. The minimum atomic E-state index is 0.401. The van der Waals surface area contributed by atoms with Crippen molar-refractivity contribution < 1.29 is 0 Å². The van der Waals surface area contributed by atoms with Crippen LogP contribution in [0.1, 0.15) is 32.6 Å². The standard InChI is InChI=1S/C9H16ClN/c1-3-9(5-4-6-9)11-7-8(2)10/h11H,2-7H2,1H3. The van der Waals surface area contributed by atoms with Crippen LogP contribution < -0.4 is 5.32 Å². The highest BCUT2D eigenvalue weighted by molar-refractivity contribution is 6.29. The zero-order chi connectivity index (χ0) is 8.32. The van der Waals surface area contributed by atoms with E-state index in [1.54, 1.807) is 0 Å². The summed E-state index contributed by atoms with van der Waals surface area (Å²) in [7, 11) is 0. The summed E-state index contributed by atoms with van der Waals surface area (Å²) < 4.78 is 0. The molecule has 1 saturated carbocycles. The van der Waals surface area contributed by atoms with Crippen LogP contribution >= 0.6 is 11.6 Å². The summed E-state index contributed by atoms with van der Waals surface area (Å²) in [6.45, 7) is 6.64. The highest BCUT2D eigenvalue weighted by Gasteiger charge is 2.33. The molecule has 0 amide bonds. The Bertz CT molecular complexity index is 144. The molecule has 0 aromatic rings. The second-order valence-corrected chi connectivity index (χ2v) is 3.89. The minimum Gasteiger partial charge on any atom is -0.306 e. The fraction of sp³-hybridized carbons (Fsp3) is 0.778. The van der Waals surface area contributed by atoms with Crippen LogP contribution in [0.15, 0.2) is 11.6 Å². The molecule has 11 heavy (non-hydrogen) atoms. The van der Waals surface area contributed by atoms with Crippen molar-refractivity contribution in [2.45, 2.75) is 38.1 Å². The van der Waals surface area contributed by atoms with Crippen LogP contribution in [0.4, 0.5) is 0 Å². The smallest absolute Gasteiger partial charge is 0.0312 e. The van der Waals surface area contributed by atoms with Crippen LogP contribution in [0.2, 0.25) is 0 Å². The number of halogens is 1. The van der Waals surface area contributed by atoms with Gasteiger partial charge < -0.3 is 5.32 Å². The van der Waals surface area contributed by atoms with Crippen LogP contribution in [-0.2, 0) is 0 Å². The lowest BCUT2D eigenvalue weighted by molar-refractivity contribution is 0.184. The number of rotatable bonds is 4. The van der Waals surface area contributed by atoms with Gasteiger partial charge in [0.25, 0.3) is 0 Å². The molecule has 0 aliphatic heterocycles. The first kappa shape index (κ1) is 9.08. The SMILES string of the molecule is C=C(Cl)CNC1(CC)CCC1. The highest BCUT2D eigenvalue weighted by atomic mass is 35.5. The van der Waals surface area contributed by atoms with Gasteiger partial charge in [-0.05, 0) is 25.7 Å². The molecule has 1 nitrogen and oxygen atoms in total. The molecule has 1 fully saturated rings. The summed E-state index contributed by atoms with van der Waals surface area (Å²) in [4.78, 5) is 0. The molecule has 1 N–H and O–H groups in total. The average molecular weight is 174 g/mol. The maximum absolute atomic E-state index is 5.66. The van der Waals surface area contributed by atoms with Crippen molar-refractivity contribution in [3.63, 3.8) is 0 Å². The van der Waals surface area contributed by atoms with Crippen molar-refractivity contribution in [2.24, 2.45) is 0 Å². The molecule has 64 valence electrons. The lowest BCUT2D eigenvalue weighted by Crippen LogP contribution is -2.50. The van der Waals surface area contributed by atoms with Crippen molar-refractivity contribution in [3.8, 4) is 0 Å². The Labute approximate surface area is 73.8 Å². The van der Waals surface area contributed by atoms with Gasteiger partial charge in [-0.2, -0.15) is 0 Å². The van der Waals surface area contributed by atoms with Crippen molar-refractivity contribution in [3.05, 3.63) is 11.6 Å². The maximum atomic E-state index is 5.66. The largest absolute Gasteiger partial charge is 0.306 e. The second-order valence-electron chi connectivity index (χ2n) is 3.36.